The highest BCUT2D eigenvalue weighted by Gasteiger charge is 2.22. The van der Waals surface area contributed by atoms with Crippen LogP contribution in [0.3, 0.4) is 0 Å². The van der Waals surface area contributed by atoms with Gasteiger partial charge in [-0.15, -0.1) is 11.3 Å². The fourth-order valence-corrected chi connectivity index (χ4v) is 3.26. The number of phenolic OH excluding ortho intramolecular Hbond substituents is 1. The summed E-state index contributed by atoms with van der Waals surface area (Å²) in [5, 5.41) is 10.3. The number of benzene rings is 1. The first-order valence-corrected chi connectivity index (χ1v) is 6.98. The SMILES string of the molecule is CC(=O)N1CCc2sc(-c3ccc(O)cc3)nc2C1. The minimum absolute atomic E-state index is 0.102. The van der Waals surface area contributed by atoms with Crippen LogP contribution in [0, 0.1) is 0 Å². The first-order valence-electron chi connectivity index (χ1n) is 6.17. The van der Waals surface area contributed by atoms with Gasteiger partial charge in [-0.1, -0.05) is 0 Å². The van der Waals surface area contributed by atoms with Gasteiger partial charge in [0.1, 0.15) is 10.8 Å². The van der Waals surface area contributed by atoms with Crippen LogP contribution in [0.15, 0.2) is 24.3 Å². The Morgan fingerprint density at radius 1 is 1.37 bits per heavy atom. The van der Waals surface area contributed by atoms with Crippen molar-refractivity contribution >= 4 is 17.2 Å². The van der Waals surface area contributed by atoms with Gasteiger partial charge in [0.25, 0.3) is 0 Å². The maximum Gasteiger partial charge on any atom is 0.219 e. The van der Waals surface area contributed by atoms with E-state index in [9.17, 15) is 9.90 Å². The molecule has 1 amide bonds. The van der Waals surface area contributed by atoms with Crippen molar-refractivity contribution in [3.63, 3.8) is 0 Å². The van der Waals surface area contributed by atoms with Gasteiger partial charge in [-0.2, -0.15) is 0 Å². The molecular formula is C14H14N2O2S. The molecular weight excluding hydrogens is 260 g/mol. The number of hydrogen-bond acceptors (Lipinski definition) is 4. The zero-order valence-corrected chi connectivity index (χ0v) is 11.4. The van der Waals surface area contributed by atoms with Gasteiger partial charge < -0.3 is 10.0 Å². The van der Waals surface area contributed by atoms with Crippen LogP contribution < -0.4 is 0 Å². The molecule has 3 rings (SSSR count). The smallest absolute Gasteiger partial charge is 0.219 e. The molecule has 0 radical (unpaired) electrons. The first kappa shape index (κ1) is 12.2. The van der Waals surface area contributed by atoms with Crippen molar-refractivity contribution in [3.8, 4) is 16.3 Å². The van der Waals surface area contributed by atoms with E-state index in [0.29, 0.717) is 6.54 Å². The number of rotatable bonds is 1. The van der Waals surface area contributed by atoms with E-state index in [2.05, 4.69) is 4.98 Å². The Hall–Kier alpha value is -1.88. The lowest BCUT2D eigenvalue weighted by Crippen LogP contribution is -2.33. The average molecular weight is 274 g/mol. The lowest BCUT2D eigenvalue weighted by molar-refractivity contribution is -0.129. The molecule has 0 saturated carbocycles. The van der Waals surface area contributed by atoms with Gasteiger partial charge >= 0.3 is 0 Å². The Labute approximate surface area is 115 Å². The van der Waals surface area contributed by atoms with Gasteiger partial charge in [0.05, 0.1) is 12.2 Å². The third-order valence-electron chi connectivity index (χ3n) is 3.29. The lowest BCUT2D eigenvalue weighted by Gasteiger charge is -2.24. The largest absolute Gasteiger partial charge is 0.508 e. The maximum absolute atomic E-state index is 11.4. The summed E-state index contributed by atoms with van der Waals surface area (Å²) < 4.78 is 0. The number of fused-ring (bicyclic) bond motifs is 1. The number of nitrogens with zero attached hydrogens (tertiary/aromatic N) is 2. The van der Waals surface area contributed by atoms with Gasteiger partial charge in [-0.25, -0.2) is 4.98 Å². The molecule has 5 heteroatoms. The highest BCUT2D eigenvalue weighted by Crippen LogP contribution is 2.32. The van der Waals surface area contributed by atoms with E-state index in [1.54, 1.807) is 30.4 Å². The predicted octanol–water partition coefficient (Wildman–Crippen LogP) is 2.42. The zero-order chi connectivity index (χ0) is 13.4. The van der Waals surface area contributed by atoms with Crippen LogP contribution in [-0.4, -0.2) is 27.4 Å². The number of hydrogen-bond donors (Lipinski definition) is 1. The van der Waals surface area contributed by atoms with E-state index >= 15 is 0 Å². The quantitative estimate of drug-likeness (QED) is 0.869. The van der Waals surface area contributed by atoms with E-state index in [-0.39, 0.29) is 11.7 Å². The van der Waals surface area contributed by atoms with Crippen LogP contribution in [0.25, 0.3) is 10.6 Å². The number of thiazole rings is 1. The third kappa shape index (κ3) is 2.33. The monoisotopic (exact) mass is 274 g/mol. The van der Waals surface area contributed by atoms with Gasteiger partial charge in [0.15, 0.2) is 0 Å². The summed E-state index contributed by atoms with van der Waals surface area (Å²) in [6.45, 7) is 2.98. The van der Waals surface area contributed by atoms with Gasteiger partial charge in [0.2, 0.25) is 5.91 Å². The molecule has 1 aliphatic rings. The molecule has 1 aliphatic heterocycles. The highest BCUT2D eigenvalue weighted by molar-refractivity contribution is 7.15. The Kier molecular flexibility index (Phi) is 2.98. The van der Waals surface area contributed by atoms with Crippen LogP contribution in [-0.2, 0) is 17.8 Å². The summed E-state index contributed by atoms with van der Waals surface area (Å²) in [7, 11) is 0. The van der Waals surface area contributed by atoms with E-state index in [4.69, 9.17) is 0 Å². The summed E-state index contributed by atoms with van der Waals surface area (Å²) in [5.74, 6) is 0.359. The molecule has 4 nitrogen and oxygen atoms in total. The Morgan fingerprint density at radius 3 is 2.79 bits per heavy atom. The summed E-state index contributed by atoms with van der Waals surface area (Å²) in [6, 6.07) is 7.06. The molecule has 0 spiro atoms. The summed E-state index contributed by atoms with van der Waals surface area (Å²) >= 11 is 1.68. The van der Waals surface area contributed by atoms with E-state index in [0.717, 1.165) is 29.2 Å². The normalized spacial score (nSPS) is 14.3. The van der Waals surface area contributed by atoms with Crippen molar-refractivity contribution in [2.24, 2.45) is 0 Å². The van der Waals surface area contributed by atoms with Crippen molar-refractivity contribution < 1.29 is 9.90 Å². The minimum Gasteiger partial charge on any atom is -0.508 e. The molecule has 19 heavy (non-hydrogen) atoms. The van der Waals surface area contributed by atoms with Crippen LogP contribution >= 0.6 is 11.3 Å². The van der Waals surface area contributed by atoms with Gasteiger partial charge in [-0.05, 0) is 24.3 Å². The molecule has 2 heterocycles. The number of carbonyl (C=O) groups excluding carboxylic acids is 1. The second-order valence-corrected chi connectivity index (χ2v) is 5.71. The molecule has 1 aromatic heterocycles. The van der Waals surface area contributed by atoms with E-state index in [1.165, 1.54) is 4.88 Å². The van der Waals surface area contributed by atoms with Crippen LogP contribution in [0.5, 0.6) is 5.75 Å². The van der Waals surface area contributed by atoms with Crippen molar-refractivity contribution in [2.45, 2.75) is 19.9 Å². The molecule has 98 valence electrons. The van der Waals surface area contributed by atoms with Crippen molar-refractivity contribution in [3.05, 3.63) is 34.8 Å². The van der Waals surface area contributed by atoms with Crippen molar-refractivity contribution in [1.82, 2.24) is 9.88 Å². The van der Waals surface area contributed by atoms with E-state index < -0.39 is 0 Å². The predicted molar refractivity (Wildman–Crippen MR) is 74.0 cm³/mol. The van der Waals surface area contributed by atoms with Crippen molar-refractivity contribution in [2.75, 3.05) is 6.54 Å². The molecule has 0 fully saturated rings. The van der Waals surface area contributed by atoms with E-state index in [1.807, 2.05) is 17.0 Å². The van der Waals surface area contributed by atoms with Crippen LogP contribution in [0.1, 0.15) is 17.5 Å². The van der Waals surface area contributed by atoms with Gasteiger partial charge in [-0.3, -0.25) is 4.79 Å². The third-order valence-corrected chi connectivity index (χ3v) is 4.49. The Bertz CT molecular complexity index is 619. The zero-order valence-electron chi connectivity index (χ0n) is 10.6. The van der Waals surface area contributed by atoms with Crippen LogP contribution in [0.4, 0.5) is 0 Å². The van der Waals surface area contributed by atoms with Gasteiger partial charge in [0, 0.05) is 30.3 Å². The number of aromatic nitrogens is 1. The Balaban J connectivity index is 1.91. The molecule has 1 aromatic carbocycles. The summed E-state index contributed by atoms with van der Waals surface area (Å²) in [5.41, 5.74) is 2.01. The number of amides is 1. The summed E-state index contributed by atoms with van der Waals surface area (Å²) in [4.78, 5) is 19.1. The van der Waals surface area contributed by atoms with Crippen molar-refractivity contribution in [1.29, 1.82) is 0 Å². The fourth-order valence-electron chi connectivity index (χ4n) is 2.19. The Morgan fingerprint density at radius 2 is 2.11 bits per heavy atom. The molecule has 0 atom stereocenters. The average Bonchev–Trinajstić information content (AvgIpc) is 2.82. The highest BCUT2D eigenvalue weighted by atomic mass is 32.1. The molecule has 1 N–H and O–H groups in total. The molecule has 0 unspecified atom stereocenters. The fraction of sp³-hybridized carbons (Fsp3) is 0.286. The lowest BCUT2D eigenvalue weighted by atomic mass is 10.2. The summed E-state index contributed by atoms with van der Waals surface area (Å²) in [6.07, 6.45) is 0.880. The van der Waals surface area contributed by atoms with Crippen LogP contribution in [0.2, 0.25) is 0 Å². The molecule has 0 aliphatic carbocycles. The molecule has 0 saturated heterocycles. The first-order chi connectivity index (χ1) is 9.13. The maximum atomic E-state index is 11.4. The second-order valence-electron chi connectivity index (χ2n) is 4.63. The molecule has 0 bridgehead atoms. The topological polar surface area (TPSA) is 53.4 Å². The standard InChI is InChI=1S/C14H14N2O2S/c1-9(17)16-7-6-13-12(8-16)15-14(19-13)10-2-4-11(18)5-3-10/h2-5,18H,6-8H2,1H3. The second kappa shape index (κ2) is 4.66. The minimum atomic E-state index is 0.102. The number of carbonyl (C=O) groups is 1. The number of phenols is 1. The molecule has 2 aromatic rings. The number of aromatic hydroxyl groups is 1.